The van der Waals surface area contributed by atoms with Crippen LogP contribution in [0.4, 0.5) is 5.69 Å². The lowest BCUT2D eigenvalue weighted by Gasteiger charge is -2.28. The predicted molar refractivity (Wildman–Crippen MR) is 102 cm³/mol. The molecule has 0 aliphatic carbocycles. The van der Waals surface area contributed by atoms with Crippen LogP contribution in [0.5, 0.6) is 0 Å². The molecule has 0 aliphatic heterocycles. The maximum atomic E-state index is 12.7. The van der Waals surface area contributed by atoms with Gasteiger partial charge in [-0.25, -0.2) is 13.1 Å². The third kappa shape index (κ3) is 4.86. The van der Waals surface area contributed by atoms with E-state index < -0.39 is 14.9 Å². The molecule has 1 atom stereocenters. The number of likely N-dealkylation sites (N-methyl/N-ethyl adjacent to an activating group) is 1. The zero-order valence-corrected chi connectivity index (χ0v) is 16.9. The molecule has 1 aromatic carbocycles. The molecular weight excluding hydrogens is 394 g/mol. The number of nitro groups is 1. The number of rotatable bonds is 9. The Morgan fingerprint density at radius 2 is 2.00 bits per heavy atom. The molecule has 8 nitrogen and oxygen atoms in total. The monoisotopic (exact) mass is 415 g/mol. The van der Waals surface area contributed by atoms with Crippen molar-refractivity contribution in [3.05, 3.63) is 57.0 Å². The van der Waals surface area contributed by atoms with Crippen molar-refractivity contribution in [2.45, 2.75) is 31.7 Å². The highest BCUT2D eigenvalue weighted by Crippen LogP contribution is 2.30. The number of benzene rings is 1. The van der Waals surface area contributed by atoms with Gasteiger partial charge in [-0.1, -0.05) is 25.4 Å². The number of nitrogens with one attached hydrogen (secondary N) is 1. The zero-order valence-electron chi connectivity index (χ0n) is 15.3. The lowest BCUT2D eigenvalue weighted by molar-refractivity contribution is -0.385. The van der Waals surface area contributed by atoms with Gasteiger partial charge in [0.15, 0.2) is 0 Å². The van der Waals surface area contributed by atoms with Crippen LogP contribution in [-0.2, 0) is 10.0 Å². The highest BCUT2D eigenvalue weighted by molar-refractivity contribution is 7.89. The first-order valence-electron chi connectivity index (χ1n) is 8.42. The van der Waals surface area contributed by atoms with E-state index in [1.165, 1.54) is 19.3 Å². The Morgan fingerprint density at radius 1 is 1.33 bits per heavy atom. The number of hydrogen-bond acceptors (Lipinski definition) is 6. The van der Waals surface area contributed by atoms with Crippen molar-refractivity contribution in [2.24, 2.45) is 0 Å². The Morgan fingerprint density at radius 3 is 2.52 bits per heavy atom. The summed E-state index contributed by atoms with van der Waals surface area (Å²) >= 11 is 5.99. The maximum Gasteiger partial charge on any atom is 0.275 e. The zero-order chi connectivity index (χ0) is 20.2. The number of furan rings is 1. The standard InChI is InChI=1S/C17H22ClN3O5S/c1-4-20(5-2)16(17-7-6-8-26-17)11-19-27(24,25)13-9-14(18)12(3)15(10-13)21(22)23/h6-10,16,19H,4-5,11H2,1-3H3. The fraction of sp³-hybridized carbons (Fsp3) is 0.412. The van der Waals surface area contributed by atoms with Gasteiger partial charge in [0.1, 0.15) is 5.76 Å². The van der Waals surface area contributed by atoms with Crippen LogP contribution < -0.4 is 4.72 Å². The molecule has 1 aromatic heterocycles. The number of nitrogens with zero attached hydrogens (tertiary/aromatic N) is 2. The summed E-state index contributed by atoms with van der Waals surface area (Å²) in [6, 6.07) is 5.45. The smallest absolute Gasteiger partial charge is 0.275 e. The van der Waals surface area contributed by atoms with E-state index in [1.54, 1.807) is 12.1 Å². The number of halogens is 1. The van der Waals surface area contributed by atoms with Gasteiger partial charge in [0.05, 0.1) is 27.1 Å². The third-order valence-electron chi connectivity index (χ3n) is 4.39. The van der Waals surface area contributed by atoms with Gasteiger partial charge in [0.25, 0.3) is 5.69 Å². The molecule has 1 heterocycles. The predicted octanol–water partition coefficient (Wildman–Crippen LogP) is 3.51. The van der Waals surface area contributed by atoms with Crippen molar-refractivity contribution in [3.63, 3.8) is 0 Å². The Labute approximate surface area is 163 Å². The summed E-state index contributed by atoms with van der Waals surface area (Å²) in [5, 5.41) is 11.2. The van der Waals surface area contributed by atoms with E-state index in [-0.39, 0.29) is 33.8 Å². The molecule has 2 rings (SSSR count). The molecular formula is C17H22ClN3O5S. The SMILES string of the molecule is CCN(CC)C(CNS(=O)(=O)c1cc(Cl)c(C)c([N+](=O)[O-])c1)c1ccco1. The molecule has 1 unspecified atom stereocenters. The average molecular weight is 416 g/mol. The Bertz CT molecular complexity index is 896. The fourth-order valence-corrected chi connectivity index (χ4v) is 4.17. The first-order valence-corrected chi connectivity index (χ1v) is 10.3. The molecule has 0 aliphatic rings. The Balaban J connectivity index is 2.31. The van der Waals surface area contributed by atoms with Crippen LogP contribution in [0.1, 0.15) is 31.2 Å². The van der Waals surface area contributed by atoms with Crippen LogP contribution in [0, 0.1) is 17.0 Å². The van der Waals surface area contributed by atoms with E-state index in [0.29, 0.717) is 18.8 Å². The van der Waals surface area contributed by atoms with Crippen molar-refractivity contribution in [1.29, 1.82) is 0 Å². The molecule has 0 fully saturated rings. The van der Waals surface area contributed by atoms with Gasteiger partial charge in [-0.2, -0.15) is 0 Å². The molecule has 0 bridgehead atoms. The second-order valence-electron chi connectivity index (χ2n) is 5.91. The van der Waals surface area contributed by atoms with Gasteiger partial charge in [0.2, 0.25) is 10.0 Å². The lowest BCUT2D eigenvalue weighted by atomic mass is 10.2. The molecule has 0 saturated heterocycles. The first kappa shape index (κ1) is 21.4. The van der Waals surface area contributed by atoms with Crippen LogP contribution in [0.25, 0.3) is 0 Å². The summed E-state index contributed by atoms with van der Waals surface area (Å²) in [5.74, 6) is 0.634. The third-order valence-corrected chi connectivity index (χ3v) is 6.18. The summed E-state index contributed by atoms with van der Waals surface area (Å²) in [6.07, 6.45) is 1.53. The molecule has 10 heteroatoms. The minimum absolute atomic E-state index is 0.0240. The van der Waals surface area contributed by atoms with E-state index >= 15 is 0 Å². The van der Waals surface area contributed by atoms with Crippen LogP contribution in [0.2, 0.25) is 5.02 Å². The summed E-state index contributed by atoms with van der Waals surface area (Å²) in [6.45, 7) is 6.86. The van der Waals surface area contributed by atoms with Gasteiger partial charge in [-0.3, -0.25) is 15.0 Å². The van der Waals surface area contributed by atoms with Crippen LogP contribution in [-0.4, -0.2) is 37.9 Å². The molecule has 0 spiro atoms. The summed E-state index contributed by atoms with van der Waals surface area (Å²) in [4.78, 5) is 12.3. The minimum atomic E-state index is -4.00. The molecule has 148 valence electrons. The first-order chi connectivity index (χ1) is 12.7. The highest BCUT2D eigenvalue weighted by Gasteiger charge is 2.26. The van der Waals surface area contributed by atoms with E-state index in [1.807, 2.05) is 18.7 Å². The van der Waals surface area contributed by atoms with E-state index in [2.05, 4.69) is 4.72 Å². The van der Waals surface area contributed by atoms with Crippen molar-refractivity contribution in [1.82, 2.24) is 9.62 Å². The lowest BCUT2D eigenvalue weighted by Crippen LogP contribution is -2.37. The molecule has 2 aromatic rings. The maximum absolute atomic E-state index is 12.7. The van der Waals surface area contributed by atoms with Gasteiger partial charge >= 0.3 is 0 Å². The molecule has 0 radical (unpaired) electrons. The highest BCUT2D eigenvalue weighted by atomic mass is 35.5. The van der Waals surface area contributed by atoms with Crippen molar-refractivity contribution < 1.29 is 17.8 Å². The van der Waals surface area contributed by atoms with Crippen molar-refractivity contribution in [3.8, 4) is 0 Å². The van der Waals surface area contributed by atoms with Crippen molar-refractivity contribution >= 4 is 27.3 Å². The van der Waals surface area contributed by atoms with Crippen LogP contribution in [0.3, 0.4) is 0 Å². The van der Waals surface area contributed by atoms with Gasteiger partial charge in [-0.05, 0) is 38.2 Å². The molecule has 27 heavy (non-hydrogen) atoms. The fourth-order valence-electron chi connectivity index (χ4n) is 2.81. The number of sulfonamides is 1. The second kappa shape index (κ2) is 8.83. The van der Waals surface area contributed by atoms with E-state index in [9.17, 15) is 18.5 Å². The minimum Gasteiger partial charge on any atom is -0.468 e. The Hall–Kier alpha value is -1.94. The van der Waals surface area contributed by atoms with Gasteiger partial charge < -0.3 is 4.42 Å². The summed E-state index contributed by atoms with van der Waals surface area (Å²) in [5.41, 5.74) is -0.119. The molecule has 0 saturated carbocycles. The van der Waals surface area contributed by atoms with Gasteiger partial charge in [0, 0.05) is 18.2 Å². The van der Waals surface area contributed by atoms with Crippen LogP contribution >= 0.6 is 11.6 Å². The molecule has 1 N–H and O–H groups in total. The second-order valence-corrected chi connectivity index (χ2v) is 8.08. The normalized spacial score (nSPS) is 13.1. The quantitative estimate of drug-likeness (QED) is 0.496. The van der Waals surface area contributed by atoms with E-state index in [0.717, 1.165) is 6.07 Å². The Kier molecular flexibility index (Phi) is 6.99. The van der Waals surface area contributed by atoms with Crippen LogP contribution in [0.15, 0.2) is 39.8 Å². The summed E-state index contributed by atoms with van der Waals surface area (Å²) < 4.78 is 33.4. The largest absolute Gasteiger partial charge is 0.468 e. The van der Waals surface area contributed by atoms with Crippen molar-refractivity contribution in [2.75, 3.05) is 19.6 Å². The van der Waals surface area contributed by atoms with Gasteiger partial charge in [-0.15, -0.1) is 0 Å². The number of hydrogen-bond donors (Lipinski definition) is 1. The number of nitro benzene ring substituents is 1. The average Bonchev–Trinajstić information content (AvgIpc) is 3.14. The van der Waals surface area contributed by atoms with E-state index in [4.69, 9.17) is 16.0 Å². The molecule has 0 amide bonds. The summed E-state index contributed by atoms with van der Waals surface area (Å²) in [7, 11) is -4.00. The topological polar surface area (TPSA) is 106 Å².